The number of nitrogens with one attached hydrogen (secondary N) is 1. The third-order valence-corrected chi connectivity index (χ3v) is 1.87. The molecule has 0 saturated heterocycles. The van der Waals surface area contributed by atoms with Crippen molar-refractivity contribution in [2.45, 2.75) is 6.92 Å². The molecule has 0 aliphatic carbocycles. The highest BCUT2D eigenvalue weighted by Crippen LogP contribution is 2.14. The zero-order valence-corrected chi connectivity index (χ0v) is 7.20. The summed E-state index contributed by atoms with van der Waals surface area (Å²) in [6.45, 7) is 1.99. The normalized spacial score (nSPS) is 10.5. The average molecular weight is 161 g/mol. The molecule has 2 heterocycles. The number of hydrogen-bond donors (Lipinski definition) is 1. The van der Waals surface area contributed by atoms with Gasteiger partial charge >= 0.3 is 0 Å². The van der Waals surface area contributed by atoms with Crippen LogP contribution in [0.15, 0.2) is 24.5 Å². The first kappa shape index (κ1) is 7.16. The van der Waals surface area contributed by atoms with E-state index < -0.39 is 0 Å². The predicted molar refractivity (Wildman–Crippen MR) is 49.5 cm³/mol. The molecular weight excluding hydrogens is 150 g/mol. The van der Waals surface area contributed by atoms with E-state index in [2.05, 4.69) is 10.3 Å². The largest absolute Gasteiger partial charge is 0.385 e. The van der Waals surface area contributed by atoms with Crippen LogP contribution in [-0.4, -0.2) is 16.4 Å². The van der Waals surface area contributed by atoms with Crippen LogP contribution in [0, 0.1) is 6.92 Å². The van der Waals surface area contributed by atoms with Crippen molar-refractivity contribution >= 4 is 11.3 Å². The molecule has 3 nitrogen and oxygen atoms in total. The van der Waals surface area contributed by atoms with Crippen LogP contribution in [0.25, 0.3) is 5.65 Å². The first-order valence-corrected chi connectivity index (χ1v) is 3.93. The van der Waals surface area contributed by atoms with Gasteiger partial charge in [0.15, 0.2) is 5.65 Å². The quantitative estimate of drug-likeness (QED) is 0.689. The molecule has 0 atom stereocenters. The molecule has 12 heavy (non-hydrogen) atoms. The molecule has 2 aromatic rings. The molecule has 2 aromatic heterocycles. The van der Waals surface area contributed by atoms with Crippen molar-refractivity contribution in [3.8, 4) is 0 Å². The van der Waals surface area contributed by atoms with E-state index in [-0.39, 0.29) is 0 Å². The lowest BCUT2D eigenvalue weighted by molar-refractivity contribution is 1.18. The van der Waals surface area contributed by atoms with E-state index in [9.17, 15) is 0 Å². The van der Waals surface area contributed by atoms with Crippen LogP contribution in [0.1, 0.15) is 5.69 Å². The molecule has 0 bridgehead atoms. The molecule has 0 spiro atoms. The van der Waals surface area contributed by atoms with Gasteiger partial charge in [0, 0.05) is 19.4 Å². The van der Waals surface area contributed by atoms with E-state index in [0.717, 1.165) is 17.0 Å². The fourth-order valence-corrected chi connectivity index (χ4v) is 1.33. The lowest BCUT2D eigenvalue weighted by atomic mass is 10.4. The average Bonchev–Trinajstić information content (AvgIpc) is 2.44. The number of aromatic nitrogens is 2. The van der Waals surface area contributed by atoms with Gasteiger partial charge < -0.3 is 9.72 Å². The first-order chi connectivity index (χ1) is 5.81. The summed E-state index contributed by atoms with van der Waals surface area (Å²) >= 11 is 0. The maximum Gasteiger partial charge on any atom is 0.160 e. The minimum Gasteiger partial charge on any atom is -0.385 e. The lowest BCUT2D eigenvalue weighted by Gasteiger charge is -2.00. The Bertz CT molecular complexity index is 403. The summed E-state index contributed by atoms with van der Waals surface area (Å²) in [5.74, 6) is 0. The first-order valence-electron chi connectivity index (χ1n) is 3.93. The summed E-state index contributed by atoms with van der Waals surface area (Å²) in [6, 6.07) is 4.02. The maximum absolute atomic E-state index is 4.38. The summed E-state index contributed by atoms with van der Waals surface area (Å²) in [6.07, 6.45) is 4.01. The predicted octanol–water partition coefficient (Wildman–Crippen LogP) is 1.68. The second-order valence-corrected chi connectivity index (χ2v) is 2.79. The number of nitrogens with zero attached hydrogens (tertiary/aromatic N) is 2. The Morgan fingerprint density at radius 3 is 3.08 bits per heavy atom. The second kappa shape index (κ2) is 2.52. The summed E-state index contributed by atoms with van der Waals surface area (Å²) in [5.41, 5.74) is 3.08. The molecule has 2 rings (SSSR count). The molecule has 0 saturated carbocycles. The number of imidazole rings is 1. The van der Waals surface area contributed by atoms with E-state index in [1.54, 1.807) is 0 Å². The Morgan fingerprint density at radius 1 is 1.50 bits per heavy atom. The van der Waals surface area contributed by atoms with Crippen molar-refractivity contribution in [1.29, 1.82) is 0 Å². The fourth-order valence-electron chi connectivity index (χ4n) is 1.33. The van der Waals surface area contributed by atoms with Crippen molar-refractivity contribution < 1.29 is 0 Å². The second-order valence-electron chi connectivity index (χ2n) is 2.79. The Balaban J connectivity index is 2.78. The van der Waals surface area contributed by atoms with Crippen LogP contribution < -0.4 is 5.32 Å². The number of rotatable bonds is 1. The summed E-state index contributed by atoms with van der Waals surface area (Å²) < 4.78 is 2.02. The van der Waals surface area contributed by atoms with Gasteiger partial charge in [0.2, 0.25) is 0 Å². The van der Waals surface area contributed by atoms with Crippen LogP contribution in [-0.2, 0) is 0 Å². The number of hydrogen-bond acceptors (Lipinski definition) is 2. The molecule has 0 aromatic carbocycles. The lowest BCUT2D eigenvalue weighted by Crippen LogP contribution is -1.92. The zero-order valence-electron chi connectivity index (χ0n) is 7.20. The smallest absolute Gasteiger partial charge is 0.160 e. The Labute approximate surface area is 71.0 Å². The van der Waals surface area contributed by atoms with E-state index >= 15 is 0 Å². The van der Waals surface area contributed by atoms with Gasteiger partial charge in [-0.2, -0.15) is 0 Å². The summed E-state index contributed by atoms with van der Waals surface area (Å²) in [5, 5.41) is 3.10. The monoisotopic (exact) mass is 161 g/mol. The summed E-state index contributed by atoms with van der Waals surface area (Å²) in [7, 11) is 1.90. The van der Waals surface area contributed by atoms with Gasteiger partial charge in [-0.25, -0.2) is 4.98 Å². The Morgan fingerprint density at radius 2 is 2.33 bits per heavy atom. The van der Waals surface area contributed by atoms with Crippen LogP contribution in [0.2, 0.25) is 0 Å². The van der Waals surface area contributed by atoms with Gasteiger partial charge in [0.25, 0.3) is 0 Å². The molecule has 3 heteroatoms. The zero-order chi connectivity index (χ0) is 8.55. The Kier molecular flexibility index (Phi) is 1.50. The van der Waals surface area contributed by atoms with Gasteiger partial charge in [-0.05, 0) is 19.1 Å². The maximum atomic E-state index is 4.38. The standard InChI is InChI=1S/C9H11N3/c1-7-6-12-5-3-4-8(10-2)9(12)11-7/h3-6,10H,1-2H3. The van der Waals surface area contributed by atoms with Crippen LogP contribution in [0.3, 0.4) is 0 Å². The van der Waals surface area contributed by atoms with Crippen LogP contribution in [0.5, 0.6) is 0 Å². The van der Waals surface area contributed by atoms with Crippen molar-refractivity contribution in [2.24, 2.45) is 0 Å². The van der Waals surface area contributed by atoms with Gasteiger partial charge in [-0.3, -0.25) is 0 Å². The summed E-state index contributed by atoms with van der Waals surface area (Å²) in [4.78, 5) is 4.38. The van der Waals surface area contributed by atoms with E-state index in [0.29, 0.717) is 0 Å². The van der Waals surface area contributed by atoms with E-state index in [1.807, 2.05) is 42.9 Å². The molecule has 0 radical (unpaired) electrons. The molecule has 0 fully saturated rings. The number of anilines is 1. The number of fused-ring (bicyclic) bond motifs is 1. The molecule has 62 valence electrons. The highest BCUT2D eigenvalue weighted by atomic mass is 15.0. The molecule has 0 aliphatic heterocycles. The topological polar surface area (TPSA) is 29.3 Å². The van der Waals surface area contributed by atoms with Gasteiger partial charge in [-0.15, -0.1) is 0 Å². The highest BCUT2D eigenvalue weighted by Gasteiger charge is 2.00. The SMILES string of the molecule is CNc1cccn2cc(C)nc12. The molecule has 1 N–H and O–H groups in total. The molecular formula is C9H11N3. The number of pyridine rings is 1. The van der Waals surface area contributed by atoms with Crippen molar-refractivity contribution in [3.05, 3.63) is 30.2 Å². The Hall–Kier alpha value is -1.51. The molecule has 0 amide bonds. The van der Waals surface area contributed by atoms with Crippen LogP contribution in [0.4, 0.5) is 5.69 Å². The minimum atomic E-state index is 0.984. The van der Waals surface area contributed by atoms with Gasteiger partial charge in [0.05, 0.1) is 11.4 Å². The van der Waals surface area contributed by atoms with Crippen molar-refractivity contribution in [3.63, 3.8) is 0 Å². The molecule has 0 aliphatic rings. The van der Waals surface area contributed by atoms with E-state index in [4.69, 9.17) is 0 Å². The third-order valence-electron chi connectivity index (χ3n) is 1.87. The van der Waals surface area contributed by atoms with Crippen molar-refractivity contribution in [2.75, 3.05) is 12.4 Å². The number of aryl methyl sites for hydroxylation is 1. The van der Waals surface area contributed by atoms with Crippen molar-refractivity contribution in [1.82, 2.24) is 9.38 Å². The highest BCUT2D eigenvalue weighted by molar-refractivity contribution is 5.67. The molecule has 0 unspecified atom stereocenters. The fraction of sp³-hybridized carbons (Fsp3) is 0.222. The third kappa shape index (κ3) is 0.942. The van der Waals surface area contributed by atoms with E-state index in [1.165, 1.54) is 0 Å². The van der Waals surface area contributed by atoms with Gasteiger partial charge in [0.1, 0.15) is 0 Å². The minimum absolute atomic E-state index is 0.984. The van der Waals surface area contributed by atoms with Gasteiger partial charge in [-0.1, -0.05) is 0 Å². The van der Waals surface area contributed by atoms with Crippen LogP contribution >= 0.6 is 0 Å².